The second-order valence-electron chi connectivity index (χ2n) is 6.85. The number of para-hydroxylation sites is 1. The molecule has 0 spiro atoms. The lowest BCUT2D eigenvalue weighted by molar-refractivity contribution is -0.119. The van der Waals surface area contributed by atoms with Gasteiger partial charge in [0.1, 0.15) is 0 Å². The molecule has 0 saturated carbocycles. The molecule has 0 N–H and O–H groups in total. The predicted molar refractivity (Wildman–Crippen MR) is 109 cm³/mol. The average Bonchev–Trinajstić information content (AvgIpc) is 3.11. The molecule has 1 amide bonds. The molecular formula is C22H24ClN3O. The lowest BCUT2D eigenvalue weighted by Crippen LogP contribution is -2.43. The Morgan fingerprint density at radius 3 is 2.67 bits per heavy atom. The van der Waals surface area contributed by atoms with Crippen molar-refractivity contribution in [3.63, 3.8) is 0 Å². The van der Waals surface area contributed by atoms with Crippen LogP contribution in [-0.4, -0.2) is 36.5 Å². The SMILES string of the molecule is N#CCCN(C(=O)CN1CCCC1Cc1ccccc1Cl)c1ccccc1. The van der Waals surface area contributed by atoms with Gasteiger partial charge in [-0.05, 0) is 49.6 Å². The highest BCUT2D eigenvalue weighted by molar-refractivity contribution is 6.31. The summed E-state index contributed by atoms with van der Waals surface area (Å²) in [5.74, 6) is 0.0440. The average molecular weight is 382 g/mol. The van der Waals surface area contributed by atoms with Gasteiger partial charge in [0.2, 0.25) is 5.91 Å². The molecule has 0 aromatic heterocycles. The fourth-order valence-electron chi connectivity index (χ4n) is 3.68. The van der Waals surface area contributed by atoms with Crippen molar-refractivity contribution in [2.45, 2.75) is 31.7 Å². The molecule has 1 unspecified atom stereocenters. The van der Waals surface area contributed by atoms with Gasteiger partial charge in [0.15, 0.2) is 0 Å². The number of amides is 1. The van der Waals surface area contributed by atoms with Crippen molar-refractivity contribution >= 4 is 23.2 Å². The maximum Gasteiger partial charge on any atom is 0.241 e. The van der Waals surface area contributed by atoms with Gasteiger partial charge in [-0.1, -0.05) is 48.0 Å². The third-order valence-corrected chi connectivity index (χ3v) is 5.44. The van der Waals surface area contributed by atoms with E-state index in [1.54, 1.807) is 4.90 Å². The first-order valence-electron chi connectivity index (χ1n) is 9.39. The maximum atomic E-state index is 13.0. The summed E-state index contributed by atoms with van der Waals surface area (Å²) in [5.41, 5.74) is 1.98. The Kier molecular flexibility index (Phi) is 6.86. The lowest BCUT2D eigenvalue weighted by Gasteiger charge is -2.28. The van der Waals surface area contributed by atoms with Crippen LogP contribution >= 0.6 is 11.6 Å². The number of benzene rings is 2. The number of nitriles is 1. The van der Waals surface area contributed by atoms with Gasteiger partial charge in [0.05, 0.1) is 19.0 Å². The molecule has 0 bridgehead atoms. The van der Waals surface area contributed by atoms with Gasteiger partial charge in [-0.2, -0.15) is 5.26 Å². The summed E-state index contributed by atoms with van der Waals surface area (Å²) in [5, 5.41) is 9.74. The minimum Gasteiger partial charge on any atom is -0.310 e. The van der Waals surface area contributed by atoms with E-state index in [1.165, 1.54) is 0 Å². The molecule has 0 radical (unpaired) electrons. The van der Waals surface area contributed by atoms with Crippen LogP contribution in [0.5, 0.6) is 0 Å². The number of likely N-dealkylation sites (tertiary alicyclic amines) is 1. The molecule has 1 saturated heterocycles. The van der Waals surface area contributed by atoms with Crippen molar-refractivity contribution in [2.75, 3.05) is 24.5 Å². The third kappa shape index (κ3) is 5.09. The van der Waals surface area contributed by atoms with Crippen molar-refractivity contribution in [3.05, 3.63) is 65.2 Å². The maximum absolute atomic E-state index is 13.0. The highest BCUT2D eigenvalue weighted by Gasteiger charge is 2.28. The molecule has 27 heavy (non-hydrogen) atoms. The molecule has 1 aliphatic heterocycles. The zero-order valence-corrected chi connectivity index (χ0v) is 16.1. The van der Waals surface area contributed by atoms with Gasteiger partial charge < -0.3 is 4.90 Å². The first kappa shape index (κ1) is 19.4. The van der Waals surface area contributed by atoms with Crippen LogP contribution in [0.15, 0.2) is 54.6 Å². The van der Waals surface area contributed by atoms with E-state index >= 15 is 0 Å². The molecule has 1 heterocycles. The summed E-state index contributed by atoms with van der Waals surface area (Å²) in [6, 6.07) is 20.0. The first-order valence-corrected chi connectivity index (χ1v) is 9.76. The molecule has 3 rings (SSSR count). The van der Waals surface area contributed by atoms with Crippen LogP contribution < -0.4 is 4.90 Å². The summed E-state index contributed by atoms with van der Waals surface area (Å²) in [4.78, 5) is 17.0. The third-order valence-electron chi connectivity index (χ3n) is 5.07. The predicted octanol–water partition coefficient (Wildman–Crippen LogP) is 4.29. The summed E-state index contributed by atoms with van der Waals surface area (Å²) in [6.07, 6.45) is 3.34. The highest BCUT2D eigenvalue weighted by atomic mass is 35.5. The summed E-state index contributed by atoms with van der Waals surface area (Å²) in [6.45, 7) is 1.71. The minimum absolute atomic E-state index is 0.0440. The minimum atomic E-state index is 0.0440. The second kappa shape index (κ2) is 9.55. The van der Waals surface area contributed by atoms with Crippen molar-refractivity contribution < 1.29 is 4.79 Å². The largest absolute Gasteiger partial charge is 0.310 e. The van der Waals surface area contributed by atoms with E-state index in [9.17, 15) is 4.79 Å². The van der Waals surface area contributed by atoms with Crippen LogP contribution in [0.3, 0.4) is 0 Å². The quantitative estimate of drug-likeness (QED) is 0.718. The first-order chi connectivity index (χ1) is 13.2. The molecule has 1 aliphatic rings. The van der Waals surface area contributed by atoms with Crippen molar-refractivity contribution in [3.8, 4) is 6.07 Å². The molecule has 1 fully saturated rings. The van der Waals surface area contributed by atoms with Crippen molar-refractivity contribution in [1.82, 2.24) is 4.90 Å². The molecule has 2 aromatic carbocycles. The number of nitrogens with zero attached hydrogens (tertiary/aromatic N) is 3. The number of carbonyl (C=O) groups is 1. The van der Waals surface area contributed by atoms with Crippen LogP contribution in [0.4, 0.5) is 5.69 Å². The van der Waals surface area contributed by atoms with E-state index in [2.05, 4.69) is 17.0 Å². The summed E-state index contributed by atoms with van der Waals surface area (Å²) in [7, 11) is 0. The van der Waals surface area contributed by atoms with Crippen LogP contribution in [0, 0.1) is 11.3 Å². The number of hydrogen-bond acceptors (Lipinski definition) is 3. The number of hydrogen-bond donors (Lipinski definition) is 0. The Bertz CT molecular complexity index is 803. The molecule has 0 aliphatic carbocycles. The van der Waals surface area contributed by atoms with Crippen molar-refractivity contribution in [1.29, 1.82) is 5.26 Å². The highest BCUT2D eigenvalue weighted by Crippen LogP contribution is 2.25. The number of rotatable bonds is 7. The van der Waals surface area contributed by atoms with E-state index in [-0.39, 0.29) is 5.91 Å². The standard InChI is InChI=1S/C22H24ClN3O/c23-21-12-5-4-8-18(21)16-20-11-6-14-25(20)17-22(27)26(15-7-13-24)19-9-2-1-3-10-19/h1-5,8-10,12,20H,6-7,11,14-17H2. The van der Waals surface area contributed by atoms with E-state index in [0.29, 0.717) is 25.6 Å². The fourth-order valence-corrected chi connectivity index (χ4v) is 3.89. The Hall–Kier alpha value is -2.35. The lowest BCUT2D eigenvalue weighted by atomic mass is 10.0. The number of anilines is 1. The number of carbonyl (C=O) groups excluding carboxylic acids is 1. The van der Waals surface area contributed by atoms with Crippen LogP contribution in [0.25, 0.3) is 0 Å². The van der Waals surface area contributed by atoms with Gasteiger partial charge in [0.25, 0.3) is 0 Å². The van der Waals surface area contributed by atoms with Gasteiger partial charge in [-0.25, -0.2) is 0 Å². The van der Waals surface area contributed by atoms with Gasteiger partial charge in [0, 0.05) is 23.3 Å². The Morgan fingerprint density at radius 2 is 1.93 bits per heavy atom. The topological polar surface area (TPSA) is 47.3 Å². The van der Waals surface area contributed by atoms with E-state index in [1.807, 2.05) is 48.5 Å². The Morgan fingerprint density at radius 1 is 1.19 bits per heavy atom. The summed E-state index contributed by atoms with van der Waals surface area (Å²) >= 11 is 6.32. The zero-order valence-electron chi connectivity index (χ0n) is 15.4. The Balaban J connectivity index is 1.69. The normalized spacial score (nSPS) is 16.8. The van der Waals surface area contributed by atoms with E-state index < -0.39 is 0 Å². The van der Waals surface area contributed by atoms with Gasteiger partial charge in [-0.15, -0.1) is 0 Å². The van der Waals surface area contributed by atoms with Crippen LogP contribution in [-0.2, 0) is 11.2 Å². The molecule has 1 atom stereocenters. The van der Waals surface area contributed by atoms with Gasteiger partial charge >= 0.3 is 0 Å². The second-order valence-corrected chi connectivity index (χ2v) is 7.26. The van der Waals surface area contributed by atoms with Crippen molar-refractivity contribution in [2.24, 2.45) is 0 Å². The fraction of sp³-hybridized carbons (Fsp3) is 0.364. The smallest absolute Gasteiger partial charge is 0.241 e. The number of halogens is 1. The Labute approximate surface area is 166 Å². The van der Waals surface area contributed by atoms with E-state index in [0.717, 1.165) is 42.1 Å². The molecule has 5 heteroatoms. The summed E-state index contributed by atoms with van der Waals surface area (Å²) < 4.78 is 0. The monoisotopic (exact) mass is 381 g/mol. The van der Waals surface area contributed by atoms with E-state index in [4.69, 9.17) is 16.9 Å². The molecule has 4 nitrogen and oxygen atoms in total. The zero-order chi connectivity index (χ0) is 19.1. The van der Waals surface area contributed by atoms with Crippen LogP contribution in [0.1, 0.15) is 24.8 Å². The van der Waals surface area contributed by atoms with Crippen LogP contribution in [0.2, 0.25) is 5.02 Å². The molecule has 140 valence electrons. The molecular weight excluding hydrogens is 358 g/mol. The molecule has 2 aromatic rings. The van der Waals surface area contributed by atoms with Gasteiger partial charge in [-0.3, -0.25) is 9.69 Å².